The first-order chi connectivity index (χ1) is 12.5. The van der Waals surface area contributed by atoms with Crippen LogP contribution in [0.25, 0.3) is 10.9 Å². The molecule has 3 aromatic rings. The standard InChI is InChI=1S/C21H20Cl2N2O/c1-12(2)20-19-15(14-5-3-4-6-18(14)24-19)9-10-25(20)21(26)16-8-7-13(22)11-17(16)23/h3-8,11-12,20,24H,9-10H2,1-2H3/t20-/m1/s1. The quantitative estimate of drug-likeness (QED) is 0.587. The van der Waals surface area contributed by atoms with Crippen molar-refractivity contribution in [2.24, 2.45) is 5.92 Å². The van der Waals surface area contributed by atoms with Gasteiger partial charge in [0.05, 0.1) is 16.6 Å². The van der Waals surface area contributed by atoms with Crippen LogP contribution in [0.5, 0.6) is 0 Å². The van der Waals surface area contributed by atoms with Crippen LogP contribution in [0.2, 0.25) is 10.0 Å². The Balaban J connectivity index is 1.79. The summed E-state index contributed by atoms with van der Waals surface area (Å²) in [6, 6.07) is 13.4. The summed E-state index contributed by atoms with van der Waals surface area (Å²) < 4.78 is 0. The summed E-state index contributed by atoms with van der Waals surface area (Å²) in [4.78, 5) is 18.8. The Kier molecular flexibility index (Phi) is 4.45. The molecule has 1 amide bonds. The van der Waals surface area contributed by atoms with E-state index in [9.17, 15) is 4.79 Å². The minimum atomic E-state index is -0.0466. The van der Waals surface area contributed by atoms with Crippen molar-refractivity contribution in [1.29, 1.82) is 0 Å². The molecule has 2 aromatic carbocycles. The fraction of sp³-hybridized carbons (Fsp3) is 0.286. The molecule has 0 radical (unpaired) electrons. The van der Waals surface area contributed by atoms with E-state index in [0.29, 0.717) is 22.2 Å². The predicted molar refractivity (Wildman–Crippen MR) is 107 cm³/mol. The Labute approximate surface area is 162 Å². The number of benzene rings is 2. The summed E-state index contributed by atoms with van der Waals surface area (Å²) in [6.07, 6.45) is 0.833. The Morgan fingerprint density at radius 1 is 1.19 bits per heavy atom. The van der Waals surface area contributed by atoms with E-state index in [4.69, 9.17) is 23.2 Å². The summed E-state index contributed by atoms with van der Waals surface area (Å²) in [5.41, 5.74) is 4.10. The molecule has 134 valence electrons. The Hall–Kier alpha value is -1.97. The number of hydrogen-bond donors (Lipinski definition) is 1. The van der Waals surface area contributed by atoms with Gasteiger partial charge in [0.15, 0.2) is 0 Å². The molecule has 0 saturated carbocycles. The van der Waals surface area contributed by atoms with Crippen molar-refractivity contribution in [2.75, 3.05) is 6.54 Å². The van der Waals surface area contributed by atoms with Crippen LogP contribution in [-0.2, 0) is 6.42 Å². The van der Waals surface area contributed by atoms with Gasteiger partial charge in [0.1, 0.15) is 0 Å². The zero-order valence-corrected chi connectivity index (χ0v) is 16.2. The number of aromatic amines is 1. The van der Waals surface area contributed by atoms with Gasteiger partial charge < -0.3 is 9.88 Å². The molecule has 5 heteroatoms. The van der Waals surface area contributed by atoms with Gasteiger partial charge >= 0.3 is 0 Å². The first-order valence-corrected chi connectivity index (χ1v) is 9.58. The van der Waals surface area contributed by atoms with Gasteiger partial charge in [0.25, 0.3) is 5.91 Å². The lowest BCUT2D eigenvalue weighted by atomic mass is 9.90. The van der Waals surface area contributed by atoms with Gasteiger partial charge in [-0.3, -0.25) is 4.79 Å². The molecule has 4 rings (SSSR count). The first kappa shape index (κ1) is 17.4. The van der Waals surface area contributed by atoms with Crippen molar-refractivity contribution in [1.82, 2.24) is 9.88 Å². The monoisotopic (exact) mass is 386 g/mol. The van der Waals surface area contributed by atoms with Crippen LogP contribution < -0.4 is 0 Å². The molecular weight excluding hydrogens is 367 g/mol. The highest BCUT2D eigenvalue weighted by Crippen LogP contribution is 2.39. The number of hydrogen-bond acceptors (Lipinski definition) is 1. The van der Waals surface area contributed by atoms with Crippen LogP contribution in [0.1, 0.15) is 41.5 Å². The molecule has 0 spiro atoms. The van der Waals surface area contributed by atoms with Gasteiger partial charge in [0.2, 0.25) is 0 Å². The highest BCUT2D eigenvalue weighted by molar-refractivity contribution is 6.36. The number of carbonyl (C=O) groups excluding carboxylic acids is 1. The van der Waals surface area contributed by atoms with Crippen molar-refractivity contribution < 1.29 is 4.79 Å². The maximum Gasteiger partial charge on any atom is 0.255 e. The first-order valence-electron chi connectivity index (χ1n) is 8.83. The highest BCUT2D eigenvalue weighted by Gasteiger charge is 2.36. The smallest absolute Gasteiger partial charge is 0.255 e. The van der Waals surface area contributed by atoms with Crippen LogP contribution in [0.15, 0.2) is 42.5 Å². The number of H-pyrrole nitrogens is 1. The molecule has 26 heavy (non-hydrogen) atoms. The summed E-state index contributed by atoms with van der Waals surface area (Å²) in [7, 11) is 0. The maximum absolute atomic E-state index is 13.3. The molecule has 1 atom stereocenters. The third-order valence-corrected chi connectivity index (χ3v) is 5.68. The minimum Gasteiger partial charge on any atom is -0.356 e. The van der Waals surface area contributed by atoms with Crippen LogP contribution >= 0.6 is 23.2 Å². The average molecular weight is 387 g/mol. The van der Waals surface area contributed by atoms with Gasteiger partial charge in [-0.2, -0.15) is 0 Å². The molecule has 3 nitrogen and oxygen atoms in total. The van der Waals surface area contributed by atoms with Crippen LogP contribution in [-0.4, -0.2) is 22.3 Å². The number of para-hydroxylation sites is 1. The fourth-order valence-corrected chi connectivity index (χ4v) is 4.50. The number of carbonyl (C=O) groups is 1. The van der Waals surface area contributed by atoms with Crippen LogP contribution in [0, 0.1) is 5.92 Å². The van der Waals surface area contributed by atoms with Gasteiger partial charge in [-0.1, -0.05) is 55.2 Å². The van der Waals surface area contributed by atoms with Crippen molar-refractivity contribution in [3.63, 3.8) is 0 Å². The van der Waals surface area contributed by atoms with E-state index in [0.717, 1.165) is 17.6 Å². The van der Waals surface area contributed by atoms with E-state index in [1.54, 1.807) is 18.2 Å². The van der Waals surface area contributed by atoms with Crippen LogP contribution in [0.3, 0.4) is 0 Å². The lowest BCUT2D eigenvalue weighted by Crippen LogP contribution is -2.42. The molecule has 0 saturated heterocycles. The van der Waals surface area contributed by atoms with E-state index in [1.807, 2.05) is 11.0 Å². The van der Waals surface area contributed by atoms with Gasteiger partial charge in [-0.25, -0.2) is 0 Å². The van der Waals surface area contributed by atoms with Crippen LogP contribution in [0.4, 0.5) is 0 Å². The molecule has 1 aromatic heterocycles. The van der Waals surface area contributed by atoms with E-state index in [-0.39, 0.29) is 17.9 Å². The molecule has 2 heterocycles. The van der Waals surface area contributed by atoms with Crippen molar-refractivity contribution in [2.45, 2.75) is 26.3 Å². The largest absolute Gasteiger partial charge is 0.356 e. The Morgan fingerprint density at radius 2 is 1.96 bits per heavy atom. The zero-order chi connectivity index (χ0) is 18.4. The Morgan fingerprint density at radius 3 is 2.69 bits per heavy atom. The molecule has 0 aliphatic carbocycles. The lowest BCUT2D eigenvalue weighted by Gasteiger charge is -2.38. The van der Waals surface area contributed by atoms with Gasteiger partial charge in [-0.15, -0.1) is 0 Å². The highest BCUT2D eigenvalue weighted by atomic mass is 35.5. The second-order valence-electron chi connectivity index (χ2n) is 7.12. The molecule has 1 N–H and O–H groups in total. The summed E-state index contributed by atoms with van der Waals surface area (Å²) >= 11 is 12.3. The van der Waals surface area contributed by atoms with E-state index in [1.165, 1.54) is 10.9 Å². The van der Waals surface area contributed by atoms with Crippen molar-refractivity contribution in [3.05, 3.63) is 69.3 Å². The molecule has 0 fully saturated rings. The van der Waals surface area contributed by atoms with E-state index >= 15 is 0 Å². The molecule has 0 unspecified atom stereocenters. The second-order valence-corrected chi connectivity index (χ2v) is 7.97. The topological polar surface area (TPSA) is 36.1 Å². The van der Waals surface area contributed by atoms with Gasteiger partial charge in [-0.05, 0) is 42.2 Å². The lowest BCUT2D eigenvalue weighted by molar-refractivity contribution is 0.0598. The molecule has 1 aliphatic heterocycles. The van der Waals surface area contributed by atoms with E-state index < -0.39 is 0 Å². The minimum absolute atomic E-state index is 0.00889. The number of rotatable bonds is 2. The molecule has 0 bridgehead atoms. The molecular formula is C21H20Cl2N2O. The number of halogens is 2. The molecule has 1 aliphatic rings. The maximum atomic E-state index is 13.3. The third kappa shape index (κ3) is 2.80. The number of fused-ring (bicyclic) bond motifs is 3. The second kappa shape index (κ2) is 6.64. The predicted octanol–water partition coefficient (Wildman–Crippen LogP) is 5.87. The SMILES string of the molecule is CC(C)[C@@H]1c2[nH]c3ccccc3c2CCN1C(=O)c1ccc(Cl)cc1Cl. The number of nitrogens with one attached hydrogen (secondary N) is 1. The number of amides is 1. The fourth-order valence-electron chi connectivity index (χ4n) is 4.01. The van der Waals surface area contributed by atoms with E-state index in [2.05, 4.69) is 37.0 Å². The third-order valence-electron chi connectivity index (χ3n) is 5.13. The summed E-state index contributed by atoms with van der Waals surface area (Å²) in [6.45, 7) is 4.97. The zero-order valence-electron chi connectivity index (χ0n) is 14.7. The summed E-state index contributed by atoms with van der Waals surface area (Å²) in [5, 5.41) is 2.18. The normalized spacial score (nSPS) is 17.0. The summed E-state index contributed by atoms with van der Waals surface area (Å²) in [5.74, 6) is 0.229. The average Bonchev–Trinajstić information content (AvgIpc) is 2.98. The van der Waals surface area contributed by atoms with Crippen molar-refractivity contribution >= 4 is 40.0 Å². The number of aromatic nitrogens is 1. The van der Waals surface area contributed by atoms with Crippen molar-refractivity contribution in [3.8, 4) is 0 Å². The number of nitrogens with zero attached hydrogens (tertiary/aromatic N) is 1. The van der Waals surface area contributed by atoms with Gasteiger partial charge in [0, 0.05) is 28.2 Å². The Bertz CT molecular complexity index is 993.